The highest BCUT2D eigenvalue weighted by Crippen LogP contribution is 2.31. The van der Waals surface area contributed by atoms with Gasteiger partial charge in [-0.3, -0.25) is 0 Å². The van der Waals surface area contributed by atoms with E-state index >= 15 is 0 Å². The van der Waals surface area contributed by atoms with Crippen molar-refractivity contribution in [3.63, 3.8) is 0 Å². The summed E-state index contributed by atoms with van der Waals surface area (Å²) in [6, 6.07) is 5.93. The van der Waals surface area contributed by atoms with Crippen molar-refractivity contribution in [1.29, 1.82) is 0 Å². The van der Waals surface area contributed by atoms with Gasteiger partial charge in [0.15, 0.2) is 5.82 Å². The first-order valence-electron chi connectivity index (χ1n) is 7.13. The van der Waals surface area contributed by atoms with E-state index in [0.29, 0.717) is 11.5 Å². The lowest BCUT2D eigenvalue weighted by atomic mass is 10.2. The number of aryl methyl sites for hydroxylation is 1. The van der Waals surface area contributed by atoms with E-state index in [2.05, 4.69) is 15.3 Å². The van der Waals surface area contributed by atoms with Crippen LogP contribution in [0.4, 0.5) is 20.3 Å². The van der Waals surface area contributed by atoms with Gasteiger partial charge in [-0.05, 0) is 25.1 Å². The normalized spacial score (nSPS) is 12.3. The fourth-order valence-corrected chi connectivity index (χ4v) is 2.28. The number of nitrogens with zero attached hydrogens (tertiary/aromatic N) is 3. The number of aromatic nitrogens is 3. The fraction of sp³-hybridized carbons (Fsp3) is 0.250. The molecule has 3 aromatic rings. The molecular weight excluding hydrogens is 302 g/mol. The summed E-state index contributed by atoms with van der Waals surface area (Å²) >= 11 is 0. The third-order valence-corrected chi connectivity index (χ3v) is 3.40. The first-order chi connectivity index (χ1) is 11.1. The Kier molecular flexibility index (Phi) is 4.10. The first-order valence-corrected chi connectivity index (χ1v) is 7.13. The fourth-order valence-electron chi connectivity index (χ4n) is 2.28. The van der Waals surface area contributed by atoms with E-state index in [4.69, 9.17) is 4.74 Å². The van der Waals surface area contributed by atoms with Gasteiger partial charge in [0, 0.05) is 19.3 Å². The van der Waals surface area contributed by atoms with Crippen LogP contribution in [-0.4, -0.2) is 27.3 Å². The van der Waals surface area contributed by atoms with Crippen LogP contribution in [0.5, 0.6) is 5.75 Å². The number of hydrogen-bond acceptors (Lipinski definition) is 4. The van der Waals surface area contributed by atoms with Crippen molar-refractivity contribution in [3.05, 3.63) is 42.6 Å². The number of halogens is 2. The first kappa shape index (κ1) is 15.2. The Bertz CT molecular complexity index is 834. The lowest BCUT2D eigenvalue weighted by Gasteiger charge is -2.16. The van der Waals surface area contributed by atoms with Crippen molar-refractivity contribution in [1.82, 2.24) is 14.5 Å². The predicted octanol–water partition coefficient (Wildman–Crippen LogP) is 3.59. The molecule has 0 aliphatic rings. The lowest BCUT2D eigenvalue weighted by Crippen LogP contribution is -2.15. The van der Waals surface area contributed by atoms with E-state index in [9.17, 15) is 8.78 Å². The van der Waals surface area contributed by atoms with E-state index in [-0.39, 0.29) is 5.75 Å². The van der Waals surface area contributed by atoms with Crippen molar-refractivity contribution in [2.45, 2.75) is 13.0 Å². The molecule has 5 nitrogen and oxygen atoms in total. The van der Waals surface area contributed by atoms with Crippen LogP contribution in [-0.2, 0) is 7.05 Å². The lowest BCUT2D eigenvalue weighted by molar-refractivity contribution is 0.182. The van der Waals surface area contributed by atoms with Gasteiger partial charge in [-0.15, -0.1) is 0 Å². The summed E-state index contributed by atoms with van der Waals surface area (Å²) < 4.78 is 33.5. The highest BCUT2D eigenvalue weighted by Gasteiger charge is 2.13. The Morgan fingerprint density at radius 2 is 2.13 bits per heavy atom. The molecule has 0 amide bonds. The second-order valence-corrected chi connectivity index (χ2v) is 5.23. The van der Waals surface area contributed by atoms with Crippen LogP contribution in [0.1, 0.15) is 6.92 Å². The molecule has 2 aromatic heterocycles. The standard InChI is InChI=1S/C16H16F2N4O/c1-10(8-17)23-14-7-11(18)3-4-12(14)21-16-15-13(19-9-20-16)5-6-22(15)2/h3-7,9-10H,8H2,1-2H3,(H,19,20,21). The number of rotatable bonds is 5. The van der Waals surface area contributed by atoms with E-state index < -0.39 is 18.6 Å². The molecule has 120 valence electrons. The number of benzene rings is 1. The number of ether oxygens (including phenoxy) is 1. The average molecular weight is 318 g/mol. The molecule has 1 atom stereocenters. The van der Waals surface area contributed by atoms with Crippen LogP contribution >= 0.6 is 0 Å². The number of fused-ring (bicyclic) bond motifs is 1. The van der Waals surface area contributed by atoms with Gasteiger partial charge in [0.1, 0.15) is 36.2 Å². The maximum absolute atomic E-state index is 13.5. The second-order valence-electron chi connectivity index (χ2n) is 5.23. The van der Waals surface area contributed by atoms with Gasteiger partial charge in [-0.1, -0.05) is 0 Å². The Morgan fingerprint density at radius 3 is 2.91 bits per heavy atom. The molecule has 1 aromatic carbocycles. The molecule has 0 bridgehead atoms. The average Bonchev–Trinajstić information content (AvgIpc) is 2.92. The quantitative estimate of drug-likeness (QED) is 0.781. The molecule has 0 aliphatic heterocycles. The van der Waals surface area contributed by atoms with Gasteiger partial charge in [-0.2, -0.15) is 0 Å². The van der Waals surface area contributed by atoms with Gasteiger partial charge in [0.2, 0.25) is 0 Å². The Balaban J connectivity index is 2.00. The molecule has 1 unspecified atom stereocenters. The molecule has 0 saturated heterocycles. The monoisotopic (exact) mass is 318 g/mol. The molecule has 0 spiro atoms. The van der Waals surface area contributed by atoms with Crippen LogP contribution in [0.25, 0.3) is 11.0 Å². The maximum Gasteiger partial charge on any atom is 0.158 e. The van der Waals surface area contributed by atoms with Crippen molar-refractivity contribution in [2.24, 2.45) is 7.05 Å². The minimum atomic E-state index is -0.669. The van der Waals surface area contributed by atoms with E-state index in [1.807, 2.05) is 23.9 Å². The van der Waals surface area contributed by atoms with Crippen molar-refractivity contribution in [3.8, 4) is 5.75 Å². The summed E-state index contributed by atoms with van der Waals surface area (Å²) in [6.07, 6.45) is 2.65. The maximum atomic E-state index is 13.5. The van der Waals surface area contributed by atoms with Crippen LogP contribution in [0.3, 0.4) is 0 Å². The van der Waals surface area contributed by atoms with Crippen LogP contribution in [0.2, 0.25) is 0 Å². The Labute approximate surface area is 131 Å². The van der Waals surface area contributed by atoms with Crippen molar-refractivity contribution in [2.75, 3.05) is 12.0 Å². The van der Waals surface area contributed by atoms with E-state index in [0.717, 1.165) is 11.0 Å². The zero-order valence-corrected chi connectivity index (χ0v) is 12.8. The van der Waals surface area contributed by atoms with Crippen molar-refractivity contribution < 1.29 is 13.5 Å². The smallest absolute Gasteiger partial charge is 0.158 e. The SMILES string of the molecule is CC(CF)Oc1cc(F)ccc1Nc1ncnc2ccn(C)c12. The van der Waals surface area contributed by atoms with Gasteiger partial charge in [0.25, 0.3) is 0 Å². The molecule has 1 N–H and O–H groups in total. The Morgan fingerprint density at radius 1 is 1.30 bits per heavy atom. The summed E-state index contributed by atoms with van der Waals surface area (Å²) in [5, 5.41) is 3.11. The van der Waals surface area contributed by atoms with Crippen LogP contribution in [0.15, 0.2) is 36.8 Å². The summed E-state index contributed by atoms with van der Waals surface area (Å²) in [5.74, 6) is 0.339. The molecule has 0 fully saturated rings. The molecule has 0 radical (unpaired) electrons. The highest BCUT2D eigenvalue weighted by atomic mass is 19.1. The molecular formula is C16H16F2N4O. The molecule has 7 heteroatoms. The summed E-state index contributed by atoms with van der Waals surface area (Å²) in [6.45, 7) is 0.917. The molecule has 23 heavy (non-hydrogen) atoms. The van der Waals surface area contributed by atoms with Crippen molar-refractivity contribution >= 4 is 22.5 Å². The largest absolute Gasteiger partial charge is 0.486 e. The minimum absolute atomic E-state index is 0.233. The zero-order valence-electron chi connectivity index (χ0n) is 12.8. The molecule has 0 saturated carbocycles. The van der Waals surface area contributed by atoms with Gasteiger partial charge in [0.05, 0.1) is 11.2 Å². The third-order valence-electron chi connectivity index (χ3n) is 3.40. The number of anilines is 2. The van der Waals surface area contributed by atoms with Gasteiger partial charge < -0.3 is 14.6 Å². The summed E-state index contributed by atoms with van der Waals surface area (Å²) in [4.78, 5) is 8.42. The topological polar surface area (TPSA) is 52.0 Å². The van der Waals surface area contributed by atoms with Crippen LogP contribution < -0.4 is 10.1 Å². The van der Waals surface area contributed by atoms with E-state index in [1.165, 1.54) is 24.5 Å². The molecule has 2 heterocycles. The zero-order chi connectivity index (χ0) is 16.4. The predicted molar refractivity (Wildman–Crippen MR) is 84.3 cm³/mol. The second kappa shape index (κ2) is 6.20. The molecule has 0 aliphatic carbocycles. The van der Waals surface area contributed by atoms with E-state index in [1.54, 1.807) is 6.92 Å². The number of nitrogens with one attached hydrogen (secondary N) is 1. The molecule has 3 rings (SSSR count). The Hall–Kier alpha value is -2.70. The summed E-state index contributed by atoms with van der Waals surface area (Å²) in [7, 11) is 1.88. The number of hydrogen-bond donors (Lipinski definition) is 1. The third kappa shape index (κ3) is 3.08. The minimum Gasteiger partial charge on any atom is -0.486 e. The number of alkyl halides is 1. The van der Waals surface area contributed by atoms with Crippen LogP contribution in [0, 0.1) is 5.82 Å². The van der Waals surface area contributed by atoms with Gasteiger partial charge in [-0.25, -0.2) is 18.7 Å². The highest BCUT2D eigenvalue weighted by molar-refractivity contribution is 5.88. The van der Waals surface area contributed by atoms with Gasteiger partial charge >= 0.3 is 0 Å². The summed E-state index contributed by atoms with van der Waals surface area (Å²) in [5.41, 5.74) is 2.10.